The number of nitrogens with zero attached hydrogens (tertiary/aromatic N) is 1. The second kappa shape index (κ2) is 14.3. The predicted octanol–water partition coefficient (Wildman–Crippen LogP) is 3.74. The SMILES string of the molecule is CCCCCC(C)NC(=NC)NCCCS(=O)(=O)Cc1ccccc1.I. The van der Waals surface area contributed by atoms with Gasteiger partial charge < -0.3 is 10.6 Å². The summed E-state index contributed by atoms with van der Waals surface area (Å²) in [6, 6.07) is 9.68. The topological polar surface area (TPSA) is 70.6 Å². The number of unbranched alkanes of at least 4 members (excludes halogenated alkanes) is 2. The highest BCUT2D eigenvalue weighted by Gasteiger charge is 2.12. The number of nitrogens with one attached hydrogen (secondary N) is 2. The molecule has 1 unspecified atom stereocenters. The number of aliphatic imine (C=N–C) groups is 1. The summed E-state index contributed by atoms with van der Waals surface area (Å²) in [5.74, 6) is 1.03. The van der Waals surface area contributed by atoms with Gasteiger partial charge in [0.15, 0.2) is 15.8 Å². The Kier molecular flexibility index (Phi) is 13.8. The first kappa shape index (κ1) is 25.2. The summed E-state index contributed by atoms with van der Waals surface area (Å²) in [5.41, 5.74) is 0.842. The van der Waals surface area contributed by atoms with Crippen molar-refractivity contribution in [2.75, 3.05) is 19.3 Å². The summed E-state index contributed by atoms with van der Waals surface area (Å²) in [5, 5.41) is 6.55. The van der Waals surface area contributed by atoms with Crippen LogP contribution in [0.2, 0.25) is 0 Å². The summed E-state index contributed by atoms with van der Waals surface area (Å²) < 4.78 is 24.3. The fraction of sp³-hybridized carbons (Fsp3) is 0.632. The van der Waals surface area contributed by atoms with Crippen LogP contribution in [0.15, 0.2) is 35.3 Å². The minimum atomic E-state index is -3.08. The maximum Gasteiger partial charge on any atom is 0.191 e. The van der Waals surface area contributed by atoms with Crippen molar-refractivity contribution in [2.24, 2.45) is 4.99 Å². The smallest absolute Gasteiger partial charge is 0.191 e. The van der Waals surface area contributed by atoms with Gasteiger partial charge in [0.25, 0.3) is 0 Å². The Morgan fingerprint density at radius 2 is 1.85 bits per heavy atom. The highest BCUT2D eigenvalue weighted by molar-refractivity contribution is 14.0. The summed E-state index contributed by atoms with van der Waals surface area (Å²) in [7, 11) is -1.34. The monoisotopic (exact) mass is 495 g/mol. The van der Waals surface area contributed by atoms with Gasteiger partial charge in [0.05, 0.1) is 11.5 Å². The van der Waals surface area contributed by atoms with E-state index in [0.29, 0.717) is 19.0 Å². The van der Waals surface area contributed by atoms with Crippen molar-refractivity contribution >= 4 is 39.8 Å². The maximum atomic E-state index is 12.2. The van der Waals surface area contributed by atoms with Gasteiger partial charge in [-0.3, -0.25) is 4.99 Å². The molecule has 26 heavy (non-hydrogen) atoms. The second-order valence-electron chi connectivity index (χ2n) is 6.47. The molecule has 0 saturated heterocycles. The van der Waals surface area contributed by atoms with E-state index >= 15 is 0 Å². The zero-order valence-electron chi connectivity index (χ0n) is 16.2. The summed E-state index contributed by atoms with van der Waals surface area (Å²) in [4.78, 5) is 4.20. The highest BCUT2D eigenvalue weighted by Crippen LogP contribution is 2.07. The Bertz CT molecular complexity index is 606. The Morgan fingerprint density at radius 1 is 1.15 bits per heavy atom. The molecule has 0 aliphatic heterocycles. The van der Waals surface area contributed by atoms with Crippen LogP contribution < -0.4 is 10.6 Å². The number of rotatable bonds is 11. The number of sulfone groups is 1. The molecule has 7 heteroatoms. The van der Waals surface area contributed by atoms with E-state index in [1.54, 1.807) is 7.05 Å². The van der Waals surface area contributed by atoms with Gasteiger partial charge in [-0.1, -0.05) is 56.5 Å². The van der Waals surface area contributed by atoms with Gasteiger partial charge in [-0.2, -0.15) is 0 Å². The average Bonchev–Trinajstić information content (AvgIpc) is 2.58. The molecular weight excluding hydrogens is 461 g/mol. The molecule has 0 aliphatic rings. The van der Waals surface area contributed by atoms with Gasteiger partial charge in [-0.25, -0.2) is 8.42 Å². The van der Waals surface area contributed by atoms with Crippen molar-refractivity contribution in [1.29, 1.82) is 0 Å². The first-order valence-electron chi connectivity index (χ1n) is 9.18. The molecule has 0 aromatic heterocycles. The lowest BCUT2D eigenvalue weighted by molar-refractivity contribution is 0.546. The predicted molar refractivity (Wildman–Crippen MR) is 122 cm³/mol. The number of halogens is 1. The molecule has 1 aromatic rings. The first-order chi connectivity index (χ1) is 12.0. The molecule has 2 N–H and O–H groups in total. The molecule has 0 fully saturated rings. The highest BCUT2D eigenvalue weighted by atomic mass is 127. The molecule has 1 atom stereocenters. The number of hydrogen-bond donors (Lipinski definition) is 2. The number of guanidine groups is 1. The Hall–Kier alpha value is -0.830. The molecule has 1 aromatic carbocycles. The number of hydrogen-bond acceptors (Lipinski definition) is 3. The fourth-order valence-electron chi connectivity index (χ4n) is 2.60. The average molecular weight is 495 g/mol. The van der Waals surface area contributed by atoms with E-state index in [0.717, 1.165) is 17.9 Å². The van der Waals surface area contributed by atoms with Crippen LogP contribution in [-0.2, 0) is 15.6 Å². The Balaban J connectivity index is 0.00000625. The molecule has 0 aliphatic carbocycles. The number of benzene rings is 1. The third-order valence-electron chi connectivity index (χ3n) is 4.00. The van der Waals surface area contributed by atoms with Crippen molar-refractivity contribution in [3.63, 3.8) is 0 Å². The Labute approximate surface area is 176 Å². The molecule has 0 radical (unpaired) electrons. The van der Waals surface area contributed by atoms with Gasteiger partial charge in [0.1, 0.15) is 0 Å². The molecule has 0 heterocycles. The van der Waals surface area contributed by atoms with E-state index in [9.17, 15) is 8.42 Å². The van der Waals surface area contributed by atoms with E-state index in [2.05, 4.69) is 29.5 Å². The first-order valence-corrected chi connectivity index (χ1v) is 11.0. The molecule has 0 bridgehead atoms. The standard InChI is InChI=1S/C19H33N3O2S.HI/c1-4-5-7-11-17(2)22-19(20-3)21-14-10-15-25(23,24)16-18-12-8-6-9-13-18;/h6,8-9,12-13,17H,4-5,7,10-11,14-16H2,1-3H3,(H2,20,21,22);1H. The van der Waals surface area contributed by atoms with Crippen LogP contribution >= 0.6 is 24.0 Å². The van der Waals surface area contributed by atoms with Crippen molar-refractivity contribution in [3.05, 3.63) is 35.9 Å². The third kappa shape index (κ3) is 11.7. The van der Waals surface area contributed by atoms with E-state index in [1.165, 1.54) is 19.3 Å². The molecule has 0 spiro atoms. The van der Waals surface area contributed by atoms with Crippen LogP contribution in [-0.4, -0.2) is 39.8 Å². The van der Waals surface area contributed by atoms with Gasteiger partial charge in [-0.15, -0.1) is 24.0 Å². The van der Waals surface area contributed by atoms with E-state index in [4.69, 9.17) is 0 Å². The lowest BCUT2D eigenvalue weighted by Crippen LogP contribution is -2.42. The maximum absolute atomic E-state index is 12.2. The fourth-order valence-corrected chi connectivity index (χ4v) is 4.03. The van der Waals surface area contributed by atoms with Crippen molar-refractivity contribution in [2.45, 2.75) is 57.7 Å². The van der Waals surface area contributed by atoms with E-state index in [-0.39, 0.29) is 35.5 Å². The normalized spacial score (nSPS) is 13.0. The molecule has 5 nitrogen and oxygen atoms in total. The van der Waals surface area contributed by atoms with Crippen molar-refractivity contribution in [3.8, 4) is 0 Å². The van der Waals surface area contributed by atoms with Gasteiger partial charge >= 0.3 is 0 Å². The third-order valence-corrected chi connectivity index (χ3v) is 5.69. The van der Waals surface area contributed by atoms with E-state index < -0.39 is 9.84 Å². The van der Waals surface area contributed by atoms with Crippen LogP contribution in [0.25, 0.3) is 0 Å². The quantitative estimate of drug-likeness (QED) is 0.212. The molecule has 0 saturated carbocycles. The largest absolute Gasteiger partial charge is 0.356 e. The van der Waals surface area contributed by atoms with Crippen LogP contribution in [0.4, 0.5) is 0 Å². The summed E-state index contributed by atoms with van der Waals surface area (Å²) in [6.07, 6.45) is 5.36. The second-order valence-corrected chi connectivity index (χ2v) is 8.66. The zero-order valence-corrected chi connectivity index (χ0v) is 19.3. The molecular formula is C19H34IN3O2S. The van der Waals surface area contributed by atoms with Gasteiger partial charge in [0.2, 0.25) is 0 Å². The molecule has 0 amide bonds. The lowest BCUT2D eigenvalue weighted by Gasteiger charge is -2.17. The summed E-state index contributed by atoms with van der Waals surface area (Å²) in [6.45, 7) is 4.94. The van der Waals surface area contributed by atoms with Crippen LogP contribution in [0, 0.1) is 0 Å². The zero-order chi connectivity index (χ0) is 18.5. The van der Waals surface area contributed by atoms with Crippen LogP contribution in [0.3, 0.4) is 0 Å². The molecule has 1 rings (SSSR count). The summed E-state index contributed by atoms with van der Waals surface area (Å²) >= 11 is 0. The van der Waals surface area contributed by atoms with Crippen LogP contribution in [0.5, 0.6) is 0 Å². The van der Waals surface area contributed by atoms with E-state index in [1.807, 2.05) is 30.3 Å². The van der Waals surface area contributed by atoms with Crippen molar-refractivity contribution in [1.82, 2.24) is 10.6 Å². The minimum Gasteiger partial charge on any atom is -0.356 e. The molecule has 150 valence electrons. The Morgan fingerprint density at radius 3 is 2.46 bits per heavy atom. The minimum absolute atomic E-state index is 0. The van der Waals surface area contributed by atoms with Gasteiger partial charge in [-0.05, 0) is 25.3 Å². The van der Waals surface area contributed by atoms with Crippen molar-refractivity contribution < 1.29 is 8.42 Å². The lowest BCUT2D eigenvalue weighted by atomic mass is 10.1. The van der Waals surface area contributed by atoms with Gasteiger partial charge in [0, 0.05) is 19.6 Å². The van der Waals surface area contributed by atoms with Crippen LogP contribution in [0.1, 0.15) is 51.5 Å².